The highest BCUT2D eigenvalue weighted by Crippen LogP contribution is 2.23. The molecule has 0 saturated heterocycles. The van der Waals surface area contributed by atoms with Crippen molar-refractivity contribution in [3.63, 3.8) is 0 Å². The number of rotatable bonds is 5. The van der Waals surface area contributed by atoms with E-state index >= 15 is 0 Å². The Kier molecular flexibility index (Phi) is 4.88. The molecule has 1 unspecified atom stereocenters. The summed E-state index contributed by atoms with van der Waals surface area (Å²) in [5.74, 6) is 2.40. The second-order valence-corrected chi connectivity index (χ2v) is 5.19. The third kappa shape index (κ3) is 3.24. The van der Waals surface area contributed by atoms with E-state index in [4.69, 9.17) is 0 Å². The van der Waals surface area contributed by atoms with Crippen LogP contribution < -0.4 is 0 Å². The van der Waals surface area contributed by atoms with Crippen LogP contribution in [0.3, 0.4) is 0 Å². The predicted molar refractivity (Wildman–Crippen MR) is 61.6 cm³/mol. The number of halogens is 1. The molecule has 6 heteroatoms. The van der Waals surface area contributed by atoms with Crippen LogP contribution in [0, 0.1) is 11.8 Å². The molecule has 4 nitrogen and oxygen atoms in total. The number of tetrazole rings is 1. The minimum Gasteiger partial charge on any atom is -0.224 e. The van der Waals surface area contributed by atoms with Gasteiger partial charge in [0.25, 0.3) is 0 Å². The summed E-state index contributed by atoms with van der Waals surface area (Å²) < 4.78 is 1.70. The Labute approximate surface area is 97.0 Å². The molecule has 80 valence electrons. The molecular weight excluding hydrogens is 264 g/mol. The molecule has 1 aromatic rings. The van der Waals surface area contributed by atoms with Gasteiger partial charge in [-0.1, -0.05) is 41.5 Å². The van der Waals surface area contributed by atoms with E-state index in [0.717, 1.165) is 16.2 Å². The summed E-state index contributed by atoms with van der Waals surface area (Å²) in [5, 5.41) is 13.2. The lowest BCUT2D eigenvalue weighted by molar-refractivity contribution is 0.474. The first-order valence-corrected chi connectivity index (χ1v) is 6.67. The van der Waals surface area contributed by atoms with Crippen LogP contribution in [0.2, 0.25) is 0 Å². The minimum atomic E-state index is 0.664. The van der Waals surface area contributed by atoms with Crippen molar-refractivity contribution < 1.29 is 0 Å². The molecule has 0 radical (unpaired) electrons. The van der Waals surface area contributed by atoms with Gasteiger partial charge in [0.2, 0.25) is 5.16 Å². The van der Waals surface area contributed by atoms with Crippen LogP contribution >= 0.6 is 27.7 Å². The third-order valence-electron chi connectivity index (χ3n) is 2.15. The summed E-state index contributed by atoms with van der Waals surface area (Å²) in [4.78, 5) is 0. The summed E-state index contributed by atoms with van der Waals surface area (Å²) in [6, 6.07) is 0. The van der Waals surface area contributed by atoms with Crippen LogP contribution in [0.1, 0.15) is 13.8 Å². The molecule has 0 bridgehead atoms. The van der Waals surface area contributed by atoms with Gasteiger partial charge in [-0.2, -0.15) is 0 Å². The van der Waals surface area contributed by atoms with Gasteiger partial charge in [0, 0.05) is 18.1 Å². The van der Waals surface area contributed by atoms with Gasteiger partial charge >= 0.3 is 0 Å². The molecule has 0 spiro atoms. The van der Waals surface area contributed by atoms with Crippen molar-refractivity contribution >= 4 is 27.7 Å². The topological polar surface area (TPSA) is 43.6 Å². The van der Waals surface area contributed by atoms with E-state index in [1.54, 1.807) is 16.4 Å². The molecule has 0 aliphatic rings. The van der Waals surface area contributed by atoms with Gasteiger partial charge < -0.3 is 0 Å². The fourth-order valence-corrected chi connectivity index (χ4v) is 3.40. The molecule has 0 aliphatic carbocycles. The zero-order valence-electron chi connectivity index (χ0n) is 8.64. The second kappa shape index (κ2) is 5.70. The van der Waals surface area contributed by atoms with E-state index in [2.05, 4.69) is 45.3 Å². The summed E-state index contributed by atoms with van der Waals surface area (Å²) in [6.45, 7) is 4.48. The van der Waals surface area contributed by atoms with Gasteiger partial charge in [0.1, 0.15) is 0 Å². The fraction of sp³-hybridized carbons (Fsp3) is 0.875. The molecule has 14 heavy (non-hydrogen) atoms. The Hall–Kier alpha value is -0.100. The zero-order chi connectivity index (χ0) is 10.6. The quantitative estimate of drug-likeness (QED) is 0.610. The predicted octanol–water partition coefficient (Wildman–Crippen LogP) is 1.97. The fourth-order valence-electron chi connectivity index (χ4n) is 0.940. The van der Waals surface area contributed by atoms with E-state index < -0.39 is 0 Å². The summed E-state index contributed by atoms with van der Waals surface area (Å²) in [5.41, 5.74) is 0. The molecule has 0 aromatic carbocycles. The standard InChI is InChI=1S/C8H15BrN4S/c1-6(2)7(4-9)5-14-8-10-11-12-13(8)3/h6-7H,4-5H2,1-3H3. The first-order valence-electron chi connectivity index (χ1n) is 4.56. The zero-order valence-corrected chi connectivity index (χ0v) is 11.0. The lowest BCUT2D eigenvalue weighted by Crippen LogP contribution is -2.13. The summed E-state index contributed by atoms with van der Waals surface area (Å²) in [7, 11) is 1.86. The van der Waals surface area contributed by atoms with E-state index in [-0.39, 0.29) is 0 Å². The van der Waals surface area contributed by atoms with Crippen LogP contribution in [-0.4, -0.2) is 31.3 Å². The Morgan fingerprint density at radius 1 is 1.50 bits per heavy atom. The van der Waals surface area contributed by atoms with Gasteiger partial charge in [-0.3, -0.25) is 0 Å². The lowest BCUT2D eigenvalue weighted by Gasteiger charge is -2.16. The van der Waals surface area contributed by atoms with Gasteiger partial charge in [0.05, 0.1) is 0 Å². The Morgan fingerprint density at radius 3 is 2.64 bits per heavy atom. The lowest BCUT2D eigenvalue weighted by atomic mass is 10.0. The van der Waals surface area contributed by atoms with Gasteiger partial charge in [-0.15, -0.1) is 5.10 Å². The number of alkyl halides is 1. The Balaban J connectivity index is 2.43. The Morgan fingerprint density at radius 2 is 2.21 bits per heavy atom. The van der Waals surface area contributed by atoms with Crippen LogP contribution in [0.4, 0.5) is 0 Å². The number of hydrogen-bond acceptors (Lipinski definition) is 4. The van der Waals surface area contributed by atoms with Crippen molar-refractivity contribution in [2.75, 3.05) is 11.1 Å². The molecule has 1 rings (SSSR count). The van der Waals surface area contributed by atoms with Crippen molar-refractivity contribution in [2.24, 2.45) is 18.9 Å². The minimum absolute atomic E-state index is 0.664. The smallest absolute Gasteiger partial charge is 0.209 e. The van der Waals surface area contributed by atoms with E-state index in [9.17, 15) is 0 Å². The number of thioether (sulfide) groups is 1. The van der Waals surface area contributed by atoms with Crippen molar-refractivity contribution in [3.8, 4) is 0 Å². The SMILES string of the molecule is CC(C)C(CBr)CSc1nnnn1C. The summed E-state index contributed by atoms with van der Waals surface area (Å²) >= 11 is 5.24. The van der Waals surface area contributed by atoms with E-state index in [1.807, 2.05) is 7.05 Å². The molecule has 1 heterocycles. The van der Waals surface area contributed by atoms with E-state index in [0.29, 0.717) is 11.8 Å². The largest absolute Gasteiger partial charge is 0.224 e. The molecule has 0 amide bonds. The van der Waals surface area contributed by atoms with Crippen molar-refractivity contribution in [3.05, 3.63) is 0 Å². The van der Waals surface area contributed by atoms with Gasteiger partial charge in [0.15, 0.2) is 0 Å². The van der Waals surface area contributed by atoms with Crippen molar-refractivity contribution in [2.45, 2.75) is 19.0 Å². The maximum Gasteiger partial charge on any atom is 0.209 e. The maximum atomic E-state index is 3.93. The molecule has 0 aliphatic heterocycles. The highest BCUT2D eigenvalue weighted by Gasteiger charge is 2.13. The van der Waals surface area contributed by atoms with Gasteiger partial charge in [-0.25, -0.2) is 4.68 Å². The molecule has 0 saturated carbocycles. The van der Waals surface area contributed by atoms with Crippen molar-refractivity contribution in [1.82, 2.24) is 20.2 Å². The molecule has 1 atom stereocenters. The van der Waals surface area contributed by atoms with Crippen molar-refractivity contribution in [1.29, 1.82) is 0 Å². The monoisotopic (exact) mass is 278 g/mol. The Bertz CT molecular complexity index is 276. The first-order chi connectivity index (χ1) is 6.65. The highest BCUT2D eigenvalue weighted by molar-refractivity contribution is 9.09. The molecule has 1 aromatic heterocycles. The van der Waals surface area contributed by atoms with Crippen LogP contribution in [0.5, 0.6) is 0 Å². The summed E-state index contributed by atoms with van der Waals surface area (Å²) in [6.07, 6.45) is 0. The number of nitrogens with zero attached hydrogens (tertiary/aromatic N) is 4. The highest BCUT2D eigenvalue weighted by atomic mass is 79.9. The first kappa shape index (κ1) is 12.0. The average Bonchev–Trinajstić information content (AvgIpc) is 2.52. The second-order valence-electron chi connectivity index (χ2n) is 3.55. The number of hydrogen-bond donors (Lipinski definition) is 0. The van der Waals surface area contributed by atoms with Crippen LogP contribution in [-0.2, 0) is 7.05 Å². The normalized spacial score (nSPS) is 13.5. The van der Waals surface area contributed by atoms with E-state index in [1.165, 1.54) is 0 Å². The van der Waals surface area contributed by atoms with Crippen LogP contribution in [0.15, 0.2) is 5.16 Å². The third-order valence-corrected chi connectivity index (χ3v) is 4.18. The average molecular weight is 279 g/mol. The maximum absolute atomic E-state index is 3.93. The molecule has 0 N–H and O–H groups in total. The number of aryl methyl sites for hydroxylation is 1. The van der Waals surface area contributed by atoms with Gasteiger partial charge in [-0.05, 0) is 22.3 Å². The molecular formula is C8H15BrN4S. The number of aromatic nitrogens is 4. The van der Waals surface area contributed by atoms with Crippen LogP contribution in [0.25, 0.3) is 0 Å². The molecule has 0 fully saturated rings.